The largest absolute Gasteiger partial charge is 0.374 e. The molecule has 2 aromatic rings. The number of aromatic nitrogens is 2. The summed E-state index contributed by atoms with van der Waals surface area (Å²) in [5.74, 6) is 0.0857. The fourth-order valence-corrected chi connectivity index (χ4v) is 3.47. The van der Waals surface area contributed by atoms with E-state index in [1.54, 1.807) is 17.0 Å². The lowest BCUT2D eigenvalue weighted by atomic mass is 10.2. The lowest BCUT2D eigenvalue weighted by Crippen LogP contribution is -2.33. The molecule has 0 unspecified atom stereocenters. The van der Waals surface area contributed by atoms with Crippen LogP contribution in [0.3, 0.4) is 0 Å². The number of benzene rings is 1. The summed E-state index contributed by atoms with van der Waals surface area (Å²) in [6, 6.07) is 7.42. The fraction of sp³-hybridized carbons (Fsp3) is 0.286. The molecule has 0 atom stereocenters. The molecular formula is C14H14ClN5OS2. The number of rotatable bonds is 6. The third kappa shape index (κ3) is 4.82. The van der Waals surface area contributed by atoms with Crippen LogP contribution in [0.5, 0.6) is 0 Å². The summed E-state index contributed by atoms with van der Waals surface area (Å²) in [5.41, 5.74) is 7.12. The molecule has 1 heterocycles. The smallest absolute Gasteiger partial charge is 0.237 e. The molecule has 0 spiro atoms. The topological polar surface area (TPSA) is 95.9 Å². The number of halogens is 1. The van der Waals surface area contributed by atoms with E-state index in [4.69, 9.17) is 22.6 Å². The van der Waals surface area contributed by atoms with Gasteiger partial charge in [-0.05, 0) is 30.7 Å². The number of nitriles is 1. The Morgan fingerprint density at radius 1 is 1.52 bits per heavy atom. The van der Waals surface area contributed by atoms with Gasteiger partial charge < -0.3 is 10.6 Å². The Morgan fingerprint density at radius 2 is 2.30 bits per heavy atom. The monoisotopic (exact) mass is 367 g/mol. The summed E-state index contributed by atoms with van der Waals surface area (Å²) in [6.07, 6.45) is 0.254. The normalized spacial score (nSPS) is 10.3. The Hall–Kier alpha value is -1.82. The van der Waals surface area contributed by atoms with Crippen molar-refractivity contribution >= 4 is 51.4 Å². The Kier molecular flexibility index (Phi) is 6.21. The number of hydrogen-bond donors (Lipinski definition) is 1. The summed E-state index contributed by atoms with van der Waals surface area (Å²) >= 11 is 8.54. The predicted molar refractivity (Wildman–Crippen MR) is 93.8 cm³/mol. The van der Waals surface area contributed by atoms with Crippen molar-refractivity contribution in [2.24, 2.45) is 0 Å². The molecule has 6 nitrogen and oxygen atoms in total. The lowest BCUT2D eigenvalue weighted by Gasteiger charge is -2.22. The van der Waals surface area contributed by atoms with Crippen molar-refractivity contribution in [2.45, 2.75) is 17.7 Å². The van der Waals surface area contributed by atoms with Crippen molar-refractivity contribution in [1.82, 2.24) is 10.2 Å². The van der Waals surface area contributed by atoms with E-state index in [0.717, 1.165) is 11.3 Å². The van der Waals surface area contributed by atoms with Gasteiger partial charge in [0.1, 0.15) is 0 Å². The molecule has 0 saturated carbocycles. The van der Waals surface area contributed by atoms with E-state index in [-0.39, 0.29) is 18.1 Å². The fourth-order valence-electron chi connectivity index (χ4n) is 1.84. The standard InChI is InChI=1S/C14H14ClN5OS2/c1-9-7-10(3-4-11(9)15)20(6-2-5-16)12(21)8-22-14-19-18-13(17)23-14/h3-4,7H,2,6,8H2,1H3,(H2,17,18). The number of aryl methyl sites for hydroxylation is 1. The number of hydrogen-bond acceptors (Lipinski definition) is 7. The number of amides is 1. The third-order valence-corrected chi connectivity index (χ3v) is 5.24. The summed E-state index contributed by atoms with van der Waals surface area (Å²) in [7, 11) is 0. The van der Waals surface area contributed by atoms with Gasteiger partial charge in [-0.25, -0.2) is 0 Å². The van der Waals surface area contributed by atoms with Crippen LogP contribution in [-0.4, -0.2) is 28.4 Å². The zero-order chi connectivity index (χ0) is 16.8. The number of nitrogen functional groups attached to an aromatic ring is 1. The number of thioether (sulfide) groups is 1. The van der Waals surface area contributed by atoms with Gasteiger partial charge in [0.25, 0.3) is 0 Å². The Morgan fingerprint density at radius 3 is 2.91 bits per heavy atom. The quantitative estimate of drug-likeness (QED) is 0.788. The Labute approximate surface area is 147 Å². The van der Waals surface area contributed by atoms with Crippen LogP contribution in [0, 0.1) is 18.3 Å². The molecule has 0 fully saturated rings. The summed E-state index contributed by atoms with van der Waals surface area (Å²) in [6.45, 7) is 2.20. The van der Waals surface area contributed by atoms with Crippen molar-refractivity contribution in [3.63, 3.8) is 0 Å². The number of nitrogens with two attached hydrogens (primary N) is 1. The average Bonchev–Trinajstić information content (AvgIpc) is 2.94. The SMILES string of the molecule is Cc1cc(N(CCC#N)C(=O)CSc2nnc(N)s2)ccc1Cl. The van der Waals surface area contributed by atoms with Crippen LogP contribution in [0.15, 0.2) is 22.5 Å². The molecule has 2 rings (SSSR count). The maximum absolute atomic E-state index is 12.5. The maximum Gasteiger partial charge on any atom is 0.237 e. The minimum absolute atomic E-state index is 0.110. The Bertz CT molecular complexity index is 743. The molecule has 23 heavy (non-hydrogen) atoms. The van der Waals surface area contributed by atoms with E-state index < -0.39 is 0 Å². The van der Waals surface area contributed by atoms with Crippen LogP contribution < -0.4 is 10.6 Å². The van der Waals surface area contributed by atoms with E-state index >= 15 is 0 Å². The molecule has 0 aliphatic carbocycles. The first-order valence-electron chi connectivity index (χ1n) is 6.66. The van der Waals surface area contributed by atoms with E-state index in [0.29, 0.717) is 21.0 Å². The van der Waals surface area contributed by atoms with Crippen molar-refractivity contribution < 1.29 is 4.79 Å². The molecule has 0 aliphatic rings. The first-order valence-corrected chi connectivity index (χ1v) is 8.84. The van der Waals surface area contributed by atoms with Crippen LogP contribution in [-0.2, 0) is 4.79 Å². The molecule has 1 aromatic heterocycles. The Balaban J connectivity index is 2.11. The van der Waals surface area contributed by atoms with Gasteiger partial charge >= 0.3 is 0 Å². The van der Waals surface area contributed by atoms with Crippen LogP contribution >= 0.6 is 34.7 Å². The van der Waals surface area contributed by atoms with Gasteiger partial charge in [-0.1, -0.05) is 34.7 Å². The first kappa shape index (κ1) is 17.5. The average molecular weight is 368 g/mol. The molecule has 0 radical (unpaired) electrons. The third-order valence-electron chi connectivity index (χ3n) is 2.94. The van der Waals surface area contributed by atoms with E-state index in [9.17, 15) is 4.79 Å². The summed E-state index contributed by atoms with van der Waals surface area (Å²) in [4.78, 5) is 14.1. The second-order valence-electron chi connectivity index (χ2n) is 4.58. The second kappa shape index (κ2) is 8.15. The van der Waals surface area contributed by atoms with E-state index in [1.165, 1.54) is 23.1 Å². The number of nitrogens with zero attached hydrogens (tertiary/aromatic N) is 4. The van der Waals surface area contributed by atoms with Crippen LogP contribution in [0.25, 0.3) is 0 Å². The van der Waals surface area contributed by atoms with Gasteiger partial charge in [-0.3, -0.25) is 4.79 Å². The minimum atomic E-state index is -0.110. The summed E-state index contributed by atoms with van der Waals surface area (Å²) in [5, 5.41) is 17.4. The van der Waals surface area contributed by atoms with E-state index in [2.05, 4.69) is 16.3 Å². The van der Waals surface area contributed by atoms with Crippen LogP contribution in [0.1, 0.15) is 12.0 Å². The van der Waals surface area contributed by atoms with Gasteiger partial charge in [0.15, 0.2) is 4.34 Å². The molecule has 0 aliphatic heterocycles. The highest BCUT2D eigenvalue weighted by Gasteiger charge is 2.17. The van der Waals surface area contributed by atoms with Gasteiger partial charge in [0, 0.05) is 17.3 Å². The maximum atomic E-state index is 12.5. The highest BCUT2D eigenvalue weighted by atomic mass is 35.5. The zero-order valence-electron chi connectivity index (χ0n) is 12.3. The number of carbonyl (C=O) groups is 1. The highest BCUT2D eigenvalue weighted by molar-refractivity contribution is 8.01. The summed E-state index contributed by atoms with van der Waals surface area (Å²) < 4.78 is 0.642. The molecule has 120 valence electrons. The highest BCUT2D eigenvalue weighted by Crippen LogP contribution is 2.26. The van der Waals surface area contributed by atoms with Gasteiger partial charge in [0.05, 0.1) is 18.2 Å². The molecule has 0 bridgehead atoms. The van der Waals surface area contributed by atoms with Gasteiger partial charge in [-0.2, -0.15) is 5.26 Å². The molecule has 9 heteroatoms. The molecule has 1 amide bonds. The van der Waals surface area contributed by atoms with Crippen molar-refractivity contribution in [2.75, 3.05) is 22.9 Å². The first-order chi connectivity index (χ1) is 11.0. The lowest BCUT2D eigenvalue weighted by molar-refractivity contribution is -0.116. The number of anilines is 2. The van der Waals surface area contributed by atoms with Crippen molar-refractivity contribution in [3.8, 4) is 6.07 Å². The van der Waals surface area contributed by atoms with E-state index in [1.807, 2.05) is 13.0 Å². The molecule has 2 N–H and O–H groups in total. The van der Waals surface area contributed by atoms with Crippen LogP contribution in [0.4, 0.5) is 10.8 Å². The second-order valence-corrected chi connectivity index (χ2v) is 7.22. The van der Waals surface area contributed by atoms with Crippen molar-refractivity contribution in [3.05, 3.63) is 28.8 Å². The molecular weight excluding hydrogens is 354 g/mol. The van der Waals surface area contributed by atoms with Gasteiger partial charge in [-0.15, -0.1) is 10.2 Å². The zero-order valence-corrected chi connectivity index (χ0v) is 14.7. The predicted octanol–water partition coefficient (Wildman–Crippen LogP) is 3.12. The van der Waals surface area contributed by atoms with Crippen molar-refractivity contribution in [1.29, 1.82) is 5.26 Å². The minimum Gasteiger partial charge on any atom is -0.374 e. The van der Waals surface area contributed by atoms with Gasteiger partial charge in [0.2, 0.25) is 11.0 Å². The molecule has 0 saturated heterocycles. The van der Waals surface area contributed by atoms with Crippen LogP contribution in [0.2, 0.25) is 5.02 Å². The number of carbonyl (C=O) groups excluding carboxylic acids is 1. The molecule has 1 aromatic carbocycles.